The minimum Gasteiger partial charge on any atom is -0.481 e. The summed E-state index contributed by atoms with van der Waals surface area (Å²) in [6.07, 6.45) is 1.62. The highest BCUT2D eigenvalue weighted by Crippen LogP contribution is 2.25. The van der Waals surface area contributed by atoms with E-state index in [-0.39, 0.29) is 11.8 Å². The first-order valence-electron chi connectivity index (χ1n) is 6.16. The molecule has 1 unspecified atom stereocenters. The van der Waals surface area contributed by atoms with Crippen molar-refractivity contribution in [3.05, 3.63) is 57.5 Å². The molecule has 0 aliphatic carbocycles. The van der Waals surface area contributed by atoms with Gasteiger partial charge in [0, 0.05) is 17.3 Å². The van der Waals surface area contributed by atoms with E-state index in [2.05, 4.69) is 4.98 Å². The summed E-state index contributed by atoms with van der Waals surface area (Å²) < 4.78 is 1.76. The molecule has 1 heterocycles. The highest BCUT2D eigenvalue weighted by molar-refractivity contribution is 7.99. The standard InChI is InChI=1S/C14H13ClN2O3S/c1-9(10-3-2-4-11(15)7-10)17-6-5-12(18)16-14(17)21-8-13(19)20/h2-7,9H,8H2,1H3,(H,19,20). The summed E-state index contributed by atoms with van der Waals surface area (Å²) in [5, 5.41) is 9.76. The number of rotatable bonds is 5. The van der Waals surface area contributed by atoms with Gasteiger partial charge in [0.15, 0.2) is 5.16 Å². The number of benzene rings is 1. The SMILES string of the molecule is CC(c1cccc(Cl)c1)n1ccc(=O)nc1SCC(=O)O. The fraction of sp³-hybridized carbons (Fsp3) is 0.214. The lowest BCUT2D eigenvalue weighted by molar-refractivity contribution is -0.133. The van der Waals surface area contributed by atoms with Gasteiger partial charge < -0.3 is 9.67 Å². The van der Waals surface area contributed by atoms with Crippen molar-refractivity contribution in [2.45, 2.75) is 18.1 Å². The molecule has 2 aromatic rings. The molecule has 0 fully saturated rings. The molecule has 1 N–H and O–H groups in total. The monoisotopic (exact) mass is 324 g/mol. The molecule has 0 aliphatic rings. The fourth-order valence-electron chi connectivity index (χ4n) is 1.85. The predicted octanol–water partition coefficient (Wildman–Crippen LogP) is 2.68. The van der Waals surface area contributed by atoms with E-state index in [1.165, 1.54) is 6.07 Å². The first kappa shape index (κ1) is 15.6. The van der Waals surface area contributed by atoms with E-state index >= 15 is 0 Å². The zero-order valence-electron chi connectivity index (χ0n) is 11.2. The highest BCUT2D eigenvalue weighted by Gasteiger charge is 2.14. The van der Waals surface area contributed by atoms with E-state index < -0.39 is 11.5 Å². The summed E-state index contributed by atoms with van der Waals surface area (Å²) in [6, 6.07) is 8.60. The second-order valence-electron chi connectivity index (χ2n) is 4.37. The molecule has 1 aromatic heterocycles. The molecule has 0 aliphatic heterocycles. The normalized spacial score (nSPS) is 12.1. The Balaban J connectivity index is 2.37. The number of nitrogens with zero attached hydrogens (tertiary/aromatic N) is 2. The molecule has 0 bridgehead atoms. The number of hydrogen-bond acceptors (Lipinski definition) is 4. The molecule has 2 rings (SSSR count). The lowest BCUT2D eigenvalue weighted by atomic mass is 10.1. The molecule has 1 atom stereocenters. The maximum absolute atomic E-state index is 11.4. The molecule has 0 amide bonds. The van der Waals surface area contributed by atoms with Crippen molar-refractivity contribution in [2.75, 3.05) is 5.75 Å². The van der Waals surface area contributed by atoms with E-state index in [1.807, 2.05) is 25.1 Å². The van der Waals surface area contributed by atoms with E-state index in [0.29, 0.717) is 10.2 Å². The molecule has 7 heteroatoms. The fourth-order valence-corrected chi connectivity index (χ4v) is 2.83. The maximum atomic E-state index is 11.4. The molecule has 110 valence electrons. The number of halogens is 1. The quantitative estimate of drug-likeness (QED) is 0.676. The number of aromatic nitrogens is 2. The molecule has 5 nitrogen and oxygen atoms in total. The minimum absolute atomic E-state index is 0.118. The van der Waals surface area contributed by atoms with Crippen LogP contribution in [0.1, 0.15) is 18.5 Å². The molecular formula is C14H13ClN2O3S. The largest absolute Gasteiger partial charge is 0.481 e. The average molecular weight is 325 g/mol. The van der Waals surface area contributed by atoms with Crippen molar-refractivity contribution >= 4 is 29.3 Å². The first-order valence-corrected chi connectivity index (χ1v) is 7.53. The summed E-state index contributed by atoms with van der Waals surface area (Å²) in [5.41, 5.74) is 0.558. The van der Waals surface area contributed by atoms with Gasteiger partial charge in [-0.2, -0.15) is 4.98 Å². The Morgan fingerprint density at radius 1 is 1.48 bits per heavy atom. The van der Waals surface area contributed by atoms with Crippen LogP contribution in [0.4, 0.5) is 0 Å². The smallest absolute Gasteiger partial charge is 0.313 e. The summed E-state index contributed by atoms with van der Waals surface area (Å²) in [6.45, 7) is 1.93. The third kappa shape index (κ3) is 4.09. The topological polar surface area (TPSA) is 72.2 Å². The molecule has 0 spiro atoms. The van der Waals surface area contributed by atoms with Crippen LogP contribution >= 0.6 is 23.4 Å². The van der Waals surface area contributed by atoms with Crippen molar-refractivity contribution in [3.8, 4) is 0 Å². The van der Waals surface area contributed by atoms with E-state index in [0.717, 1.165) is 17.3 Å². The lowest BCUT2D eigenvalue weighted by Gasteiger charge is -2.19. The van der Waals surface area contributed by atoms with Gasteiger partial charge in [-0.05, 0) is 24.6 Å². The van der Waals surface area contributed by atoms with E-state index in [9.17, 15) is 9.59 Å². The van der Waals surface area contributed by atoms with Gasteiger partial charge in [-0.15, -0.1) is 0 Å². The van der Waals surface area contributed by atoms with Crippen LogP contribution in [-0.2, 0) is 4.79 Å². The molecule has 21 heavy (non-hydrogen) atoms. The molecule has 0 saturated carbocycles. The van der Waals surface area contributed by atoms with Crippen molar-refractivity contribution in [3.63, 3.8) is 0 Å². The van der Waals surface area contributed by atoms with Gasteiger partial charge in [-0.3, -0.25) is 9.59 Å². The van der Waals surface area contributed by atoms with Gasteiger partial charge in [0.05, 0.1) is 11.8 Å². The van der Waals surface area contributed by atoms with Crippen molar-refractivity contribution in [2.24, 2.45) is 0 Å². The van der Waals surface area contributed by atoms with Crippen LogP contribution in [0.3, 0.4) is 0 Å². The first-order chi connectivity index (χ1) is 9.97. The third-order valence-electron chi connectivity index (χ3n) is 2.88. The average Bonchev–Trinajstić information content (AvgIpc) is 2.44. The van der Waals surface area contributed by atoms with Crippen LogP contribution in [0.2, 0.25) is 5.02 Å². The third-order valence-corrected chi connectivity index (χ3v) is 4.06. The zero-order valence-corrected chi connectivity index (χ0v) is 12.8. The summed E-state index contributed by atoms with van der Waals surface area (Å²) >= 11 is 7.00. The summed E-state index contributed by atoms with van der Waals surface area (Å²) in [5.74, 6) is -1.11. The van der Waals surface area contributed by atoms with E-state index in [4.69, 9.17) is 16.7 Å². The number of carboxylic acid groups (broad SMARTS) is 1. The number of carbonyl (C=O) groups is 1. The van der Waals surface area contributed by atoms with Gasteiger partial charge in [-0.1, -0.05) is 35.5 Å². The maximum Gasteiger partial charge on any atom is 0.313 e. The molecule has 0 radical (unpaired) electrons. The molecule has 0 saturated heterocycles. The van der Waals surface area contributed by atoms with Crippen molar-refractivity contribution < 1.29 is 9.90 Å². The molecular weight excluding hydrogens is 312 g/mol. The van der Waals surface area contributed by atoms with Gasteiger partial charge >= 0.3 is 5.97 Å². The van der Waals surface area contributed by atoms with Gasteiger partial charge in [0.25, 0.3) is 5.56 Å². The lowest BCUT2D eigenvalue weighted by Crippen LogP contribution is -2.17. The van der Waals surface area contributed by atoms with Gasteiger partial charge in [-0.25, -0.2) is 0 Å². The number of carboxylic acids is 1. The van der Waals surface area contributed by atoms with E-state index in [1.54, 1.807) is 16.8 Å². The Labute approximate surface area is 130 Å². The second-order valence-corrected chi connectivity index (χ2v) is 5.75. The van der Waals surface area contributed by atoms with Crippen LogP contribution in [-0.4, -0.2) is 26.4 Å². The Morgan fingerprint density at radius 3 is 2.90 bits per heavy atom. The Kier molecular flexibility index (Phi) is 5.03. The van der Waals surface area contributed by atoms with Gasteiger partial charge in [0.2, 0.25) is 0 Å². The van der Waals surface area contributed by atoms with Crippen LogP contribution in [0.25, 0.3) is 0 Å². The van der Waals surface area contributed by atoms with Crippen LogP contribution in [0.15, 0.2) is 46.5 Å². The Morgan fingerprint density at radius 2 is 2.24 bits per heavy atom. The zero-order chi connectivity index (χ0) is 15.4. The van der Waals surface area contributed by atoms with Crippen LogP contribution in [0.5, 0.6) is 0 Å². The van der Waals surface area contributed by atoms with Gasteiger partial charge in [0.1, 0.15) is 0 Å². The minimum atomic E-state index is -0.958. The number of aliphatic carboxylic acids is 1. The van der Waals surface area contributed by atoms with Crippen LogP contribution < -0.4 is 5.56 Å². The van der Waals surface area contributed by atoms with Crippen molar-refractivity contribution in [1.82, 2.24) is 9.55 Å². The summed E-state index contributed by atoms with van der Waals surface area (Å²) in [7, 11) is 0. The second kappa shape index (κ2) is 6.78. The van der Waals surface area contributed by atoms with Crippen LogP contribution in [0, 0.1) is 0 Å². The molecule has 1 aromatic carbocycles. The van der Waals surface area contributed by atoms with Crippen molar-refractivity contribution in [1.29, 1.82) is 0 Å². The highest BCUT2D eigenvalue weighted by atomic mass is 35.5. The number of thioether (sulfide) groups is 1. The predicted molar refractivity (Wildman–Crippen MR) is 82.1 cm³/mol. The number of hydrogen-bond donors (Lipinski definition) is 1. The summed E-state index contributed by atoms with van der Waals surface area (Å²) in [4.78, 5) is 26.0. The Bertz CT molecular complexity index is 717. The Hall–Kier alpha value is -1.79.